The molecule has 1 aliphatic carbocycles. The SMILES string of the molecule is CCC[C@@H]1C(CC)C2=C(CCCC2NCC(C)C)NC12CO2. The van der Waals surface area contributed by atoms with Gasteiger partial charge in [-0.2, -0.15) is 0 Å². The van der Waals surface area contributed by atoms with E-state index in [2.05, 4.69) is 38.3 Å². The van der Waals surface area contributed by atoms with Gasteiger partial charge in [-0.1, -0.05) is 34.1 Å². The van der Waals surface area contributed by atoms with Crippen LogP contribution in [-0.4, -0.2) is 24.9 Å². The molecule has 3 rings (SSSR count). The van der Waals surface area contributed by atoms with E-state index in [4.69, 9.17) is 4.74 Å². The van der Waals surface area contributed by atoms with Gasteiger partial charge in [0.2, 0.25) is 0 Å². The maximum atomic E-state index is 5.95. The van der Waals surface area contributed by atoms with Crippen LogP contribution < -0.4 is 10.6 Å². The van der Waals surface area contributed by atoms with E-state index < -0.39 is 0 Å². The number of nitrogens with one attached hydrogen (secondary N) is 2. The minimum absolute atomic E-state index is 0.00451. The van der Waals surface area contributed by atoms with Crippen LogP contribution in [0.5, 0.6) is 0 Å². The van der Waals surface area contributed by atoms with Crippen LogP contribution >= 0.6 is 0 Å². The number of hydrogen-bond acceptors (Lipinski definition) is 3. The van der Waals surface area contributed by atoms with Gasteiger partial charge in [-0.05, 0) is 56.1 Å². The Hall–Kier alpha value is -0.540. The Morgan fingerprint density at radius 3 is 2.73 bits per heavy atom. The molecule has 1 saturated heterocycles. The molecule has 1 fully saturated rings. The van der Waals surface area contributed by atoms with Gasteiger partial charge >= 0.3 is 0 Å². The second kappa shape index (κ2) is 6.52. The lowest BCUT2D eigenvalue weighted by atomic mass is 9.69. The van der Waals surface area contributed by atoms with Gasteiger partial charge in [-0.15, -0.1) is 0 Å². The van der Waals surface area contributed by atoms with E-state index in [1.807, 2.05) is 0 Å². The molecule has 0 aromatic carbocycles. The van der Waals surface area contributed by atoms with Crippen molar-refractivity contribution in [2.45, 2.75) is 78.0 Å². The van der Waals surface area contributed by atoms with Gasteiger partial charge in [-0.3, -0.25) is 0 Å². The molecule has 0 bridgehead atoms. The van der Waals surface area contributed by atoms with Crippen LogP contribution in [0.4, 0.5) is 0 Å². The Bertz CT molecular complexity index is 425. The van der Waals surface area contributed by atoms with Gasteiger partial charge in [-0.25, -0.2) is 0 Å². The quantitative estimate of drug-likeness (QED) is 0.733. The Morgan fingerprint density at radius 1 is 1.36 bits per heavy atom. The predicted octanol–water partition coefficient (Wildman–Crippen LogP) is 3.81. The van der Waals surface area contributed by atoms with Gasteiger partial charge in [0.05, 0.1) is 6.61 Å². The molecule has 0 saturated carbocycles. The highest BCUT2D eigenvalue weighted by molar-refractivity contribution is 5.32. The minimum Gasteiger partial charge on any atom is -0.359 e. The average Bonchev–Trinajstić information content (AvgIpc) is 3.26. The van der Waals surface area contributed by atoms with Crippen LogP contribution in [0.3, 0.4) is 0 Å². The number of epoxide rings is 1. The molecule has 3 nitrogen and oxygen atoms in total. The molecule has 3 aliphatic rings. The monoisotopic (exact) mass is 306 g/mol. The third-order valence-electron chi connectivity index (χ3n) is 5.76. The molecule has 0 aromatic heterocycles. The van der Waals surface area contributed by atoms with E-state index in [1.54, 1.807) is 5.57 Å². The molecule has 3 unspecified atom stereocenters. The number of ether oxygens (including phenoxy) is 1. The molecule has 2 heterocycles. The molecule has 3 heteroatoms. The Morgan fingerprint density at radius 2 is 2.14 bits per heavy atom. The summed E-state index contributed by atoms with van der Waals surface area (Å²) in [4.78, 5) is 0. The fourth-order valence-corrected chi connectivity index (χ4v) is 4.70. The Kier molecular flexibility index (Phi) is 4.84. The summed E-state index contributed by atoms with van der Waals surface area (Å²) in [5, 5.41) is 7.70. The summed E-state index contributed by atoms with van der Waals surface area (Å²) in [7, 11) is 0. The predicted molar refractivity (Wildman–Crippen MR) is 91.5 cm³/mol. The first kappa shape index (κ1) is 16.3. The fourth-order valence-electron chi connectivity index (χ4n) is 4.70. The first-order chi connectivity index (χ1) is 10.6. The van der Waals surface area contributed by atoms with Crippen molar-refractivity contribution in [3.8, 4) is 0 Å². The van der Waals surface area contributed by atoms with Crippen LogP contribution in [0.25, 0.3) is 0 Å². The van der Waals surface area contributed by atoms with Crippen molar-refractivity contribution >= 4 is 0 Å². The van der Waals surface area contributed by atoms with Crippen molar-refractivity contribution in [1.29, 1.82) is 0 Å². The van der Waals surface area contributed by atoms with Gasteiger partial charge < -0.3 is 15.4 Å². The smallest absolute Gasteiger partial charge is 0.165 e. The lowest BCUT2D eigenvalue weighted by Crippen LogP contribution is -2.53. The number of allylic oxidation sites excluding steroid dienone is 1. The molecule has 0 radical (unpaired) electrons. The summed E-state index contributed by atoms with van der Waals surface area (Å²) < 4.78 is 5.95. The Labute approximate surface area is 136 Å². The van der Waals surface area contributed by atoms with Gasteiger partial charge in [0, 0.05) is 17.7 Å². The molecular weight excluding hydrogens is 272 g/mol. The van der Waals surface area contributed by atoms with Crippen molar-refractivity contribution in [2.75, 3.05) is 13.2 Å². The van der Waals surface area contributed by atoms with Crippen molar-refractivity contribution in [2.24, 2.45) is 17.8 Å². The second-order valence-electron chi connectivity index (χ2n) is 7.89. The molecule has 22 heavy (non-hydrogen) atoms. The minimum atomic E-state index is -0.00451. The van der Waals surface area contributed by atoms with Crippen LogP contribution in [0.2, 0.25) is 0 Å². The standard InChI is InChI=1S/C19H34N2O/c1-5-8-15-14(6-2)18-16(20-11-13(3)4)9-7-10-17(18)21-19(15)12-22-19/h13-16,20-21H,5-12H2,1-4H3/t14?,15-,16?,19?/m1/s1. The fraction of sp³-hybridized carbons (Fsp3) is 0.895. The first-order valence-electron chi connectivity index (χ1n) is 9.49. The Balaban J connectivity index is 1.86. The molecule has 0 amide bonds. The van der Waals surface area contributed by atoms with Crippen LogP contribution in [0.1, 0.15) is 66.2 Å². The molecule has 1 spiro atoms. The van der Waals surface area contributed by atoms with E-state index in [-0.39, 0.29) is 5.72 Å². The van der Waals surface area contributed by atoms with E-state index in [0.29, 0.717) is 23.8 Å². The van der Waals surface area contributed by atoms with Gasteiger partial charge in [0.15, 0.2) is 5.72 Å². The lowest BCUT2D eigenvalue weighted by Gasteiger charge is -2.45. The number of hydrogen-bond donors (Lipinski definition) is 2. The highest BCUT2D eigenvalue weighted by Crippen LogP contribution is 2.50. The van der Waals surface area contributed by atoms with Crippen molar-refractivity contribution in [3.63, 3.8) is 0 Å². The zero-order valence-corrected chi connectivity index (χ0v) is 14.9. The second-order valence-corrected chi connectivity index (χ2v) is 7.89. The maximum Gasteiger partial charge on any atom is 0.165 e. The largest absolute Gasteiger partial charge is 0.359 e. The lowest BCUT2D eigenvalue weighted by molar-refractivity contribution is 0.109. The molecular formula is C19H34N2O. The van der Waals surface area contributed by atoms with Crippen molar-refractivity contribution in [1.82, 2.24) is 10.6 Å². The first-order valence-corrected chi connectivity index (χ1v) is 9.49. The van der Waals surface area contributed by atoms with E-state index in [9.17, 15) is 0 Å². The molecule has 0 aromatic rings. The van der Waals surface area contributed by atoms with Gasteiger partial charge in [0.1, 0.15) is 0 Å². The third kappa shape index (κ3) is 2.94. The summed E-state index contributed by atoms with van der Waals surface area (Å²) in [5.74, 6) is 2.07. The van der Waals surface area contributed by atoms with Crippen LogP contribution in [-0.2, 0) is 4.74 Å². The van der Waals surface area contributed by atoms with Crippen molar-refractivity contribution < 1.29 is 4.74 Å². The topological polar surface area (TPSA) is 36.6 Å². The molecule has 126 valence electrons. The van der Waals surface area contributed by atoms with E-state index in [0.717, 1.165) is 13.2 Å². The highest BCUT2D eigenvalue weighted by atomic mass is 16.6. The van der Waals surface area contributed by atoms with E-state index in [1.165, 1.54) is 44.2 Å². The summed E-state index contributed by atoms with van der Waals surface area (Å²) >= 11 is 0. The summed E-state index contributed by atoms with van der Waals surface area (Å²) in [6.45, 7) is 11.3. The maximum absolute atomic E-state index is 5.95. The molecule has 2 aliphatic heterocycles. The summed E-state index contributed by atoms with van der Waals surface area (Å²) in [5.41, 5.74) is 3.22. The zero-order chi connectivity index (χ0) is 15.7. The molecule has 4 atom stereocenters. The molecule has 2 N–H and O–H groups in total. The number of rotatable bonds is 6. The van der Waals surface area contributed by atoms with Crippen molar-refractivity contribution in [3.05, 3.63) is 11.3 Å². The summed E-state index contributed by atoms with van der Waals surface area (Å²) in [6, 6.07) is 0.582. The van der Waals surface area contributed by atoms with Gasteiger partial charge in [0.25, 0.3) is 0 Å². The third-order valence-corrected chi connectivity index (χ3v) is 5.76. The normalized spacial score (nSPS) is 37.4. The average molecular weight is 306 g/mol. The van der Waals surface area contributed by atoms with Crippen LogP contribution in [0.15, 0.2) is 11.3 Å². The van der Waals surface area contributed by atoms with Crippen LogP contribution in [0, 0.1) is 17.8 Å². The zero-order valence-electron chi connectivity index (χ0n) is 14.9. The highest BCUT2D eigenvalue weighted by Gasteiger charge is 2.58. The summed E-state index contributed by atoms with van der Waals surface area (Å²) in [6.07, 6.45) is 7.59. The van der Waals surface area contributed by atoms with E-state index >= 15 is 0 Å².